The zero-order valence-corrected chi connectivity index (χ0v) is 20.6. The molecule has 1 aromatic carbocycles. The predicted octanol–water partition coefficient (Wildman–Crippen LogP) is 3.12. The van der Waals surface area contributed by atoms with E-state index in [9.17, 15) is 14.4 Å². The lowest BCUT2D eigenvalue weighted by Gasteiger charge is -2.32. The lowest BCUT2D eigenvalue weighted by Crippen LogP contribution is -2.49. The molecule has 3 aliphatic rings. The summed E-state index contributed by atoms with van der Waals surface area (Å²) in [5.74, 6) is -1.03. The lowest BCUT2D eigenvalue weighted by molar-refractivity contribution is -0.124. The maximum absolute atomic E-state index is 15.4. The Balaban J connectivity index is 1.38. The van der Waals surface area contributed by atoms with Crippen LogP contribution in [-0.4, -0.2) is 46.8 Å². The van der Waals surface area contributed by atoms with E-state index in [1.807, 2.05) is 0 Å². The van der Waals surface area contributed by atoms with Crippen LogP contribution in [0, 0.1) is 17.7 Å². The quantitative estimate of drug-likeness (QED) is 0.587. The molecule has 2 aromatic rings. The zero-order chi connectivity index (χ0) is 25.4. The second-order valence-electron chi connectivity index (χ2n) is 10.3. The number of rotatable bonds is 5. The Bertz CT molecular complexity index is 1180. The highest BCUT2D eigenvalue weighted by Gasteiger charge is 2.49. The first-order chi connectivity index (χ1) is 17.3. The van der Waals surface area contributed by atoms with Crippen LogP contribution in [0.4, 0.5) is 15.8 Å². The van der Waals surface area contributed by atoms with Crippen molar-refractivity contribution in [2.24, 2.45) is 18.9 Å². The van der Waals surface area contributed by atoms with Crippen molar-refractivity contribution in [3.63, 3.8) is 0 Å². The number of benzene rings is 1. The Hall–Kier alpha value is -3.27. The molecule has 36 heavy (non-hydrogen) atoms. The molecule has 1 saturated heterocycles. The third kappa shape index (κ3) is 4.38. The second-order valence-corrected chi connectivity index (χ2v) is 10.3. The Kier molecular flexibility index (Phi) is 6.55. The van der Waals surface area contributed by atoms with E-state index in [0.29, 0.717) is 48.9 Å². The number of ether oxygens (including phenoxy) is 1. The van der Waals surface area contributed by atoms with Gasteiger partial charge in [0, 0.05) is 37.7 Å². The second kappa shape index (κ2) is 9.65. The fraction of sp³-hybridized carbons (Fsp3) is 0.538. The first-order valence-electron chi connectivity index (χ1n) is 12.6. The Labute approximate surface area is 209 Å². The van der Waals surface area contributed by atoms with E-state index >= 15 is 4.39 Å². The van der Waals surface area contributed by atoms with Gasteiger partial charge in [-0.3, -0.25) is 19.1 Å². The van der Waals surface area contributed by atoms with Crippen LogP contribution >= 0.6 is 0 Å². The number of fused-ring (bicyclic) bond motifs is 2. The number of carbonyl (C=O) groups excluding carboxylic acids is 3. The molecule has 1 aromatic heterocycles. The summed E-state index contributed by atoms with van der Waals surface area (Å²) in [4.78, 5) is 39.2. The summed E-state index contributed by atoms with van der Waals surface area (Å²) >= 11 is 0. The van der Waals surface area contributed by atoms with E-state index in [0.717, 1.165) is 25.7 Å². The van der Waals surface area contributed by atoms with Gasteiger partial charge >= 0.3 is 0 Å². The number of carbonyl (C=O) groups is 3. The third-order valence-corrected chi connectivity index (χ3v) is 8.02. The minimum atomic E-state index is -0.932. The van der Waals surface area contributed by atoms with Gasteiger partial charge in [0.25, 0.3) is 5.91 Å². The molecule has 2 fully saturated rings. The molecule has 3 heterocycles. The van der Waals surface area contributed by atoms with E-state index < -0.39 is 23.2 Å². The molecule has 192 valence electrons. The summed E-state index contributed by atoms with van der Waals surface area (Å²) in [6.45, 7) is 2.97. The molecule has 1 unspecified atom stereocenters. The Morgan fingerprint density at radius 2 is 1.94 bits per heavy atom. The van der Waals surface area contributed by atoms with Gasteiger partial charge < -0.3 is 20.7 Å². The van der Waals surface area contributed by atoms with E-state index in [2.05, 4.69) is 28.0 Å². The number of hydrogen-bond acceptors (Lipinski definition) is 5. The Morgan fingerprint density at radius 1 is 1.22 bits per heavy atom. The molecular weight excluding hydrogens is 465 g/mol. The maximum atomic E-state index is 15.4. The van der Waals surface area contributed by atoms with Gasteiger partial charge in [0.15, 0.2) is 0 Å². The van der Waals surface area contributed by atoms with Gasteiger partial charge in [-0.05, 0) is 55.7 Å². The zero-order valence-electron chi connectivity index (χ0n) is 20.6. The van der Waals surface area contributed by atoms with Gasteiger partial charge in [-0.15, -0.1) is 0 Å². The van der Waals surface area contributed by atoms with Crippen LogP contribution in [0.2, 0.25) is 0 Å². The average Bonchev–Trinajstić information content (AvgIpc) is 3.39. The minimum Gasteiger partial charge on any atom is -0.381 e. The van der Waals surface area contributed by atoms with Crippen LogP contribution in [0.25, 0.3) is 0 Å². The van der Waals surface area contributed by atoms with Crippen molar-refractivity contribution in [3.05, 3.63) is 41.5 Å². The molecule has 3 N–H and O–H groups in total. The van der Waals surface area contributed by atoms with Crippen molar-refractivity contribution < 1.29 is 23.5 Å². The number of nitrogens with one attached hydrogen (secondary N) is 3. The van der Waals surface area contributed by atoms with Gasteiger partial charge in [0.2, 0.25) is 11.8 Å². The summed E-state index contributed by atoms with van der Waals surface area (Å²) in [7, 11) is 1.67. The summed E-state index contributed by atoms with van der Waals surface area (Å²) in [5, 5.41) is 12.5. The van der Waals surface area contributed by atoms with Crippen LogP contribution in [-0.2, 0) is 26.8 Å². The standard InChI is InChI=1S/C26H32FN5O4/c1-15-3-5-16(6-4-15)22(31-23(33)20-7-10-28-32(20)2)24(34)29-17-13-18(27)21-19(14-17)30-25(35)26(21)8-11-36-12-9-26/h7,10,13-16,22H,3-6,8-9,11-12H2,1-2H3,(H,29,34)(H,30,35)(H,31,33). The topological polar surface area (TPSA) is 114 Å². The molecule has 0 radical (unpaired) electrons. The number of aryl methyl sites for hydroxylation is 1. The fourth-order valence-corrected chi connectivity index (χ4v) is 5.86. The van der Waals surface area contributed by atoms with Crippen molar-refractivity contribution in [3.8, 4) is 0 Å². The first kappa shape index (κ1) is 24.4. The first-order valence-corrected chi connectivity index (χ1v) is 12.6. The van der Waals surface area contributed by atoms with Crippen molar-refractivity contribution in [2.75, 3.05) is 23.8 Å². The lowest BCUT2D eigenvalue weighted by atomic mass is 9.75. The van der Waals surface area contributed by atoms with Crippen LogP contribution in [0.5, 0.6) is 0 Å². The monoisotopic (exact) mass is 497 g/mol. The summed E-state index contributed by atoms with van der Waals surface area (Å²) in [6.07, 6.45) is 5.92. The van der Waals surface area contributed by atoms with E-state index in [1.165, 1.54) is 16.9 Å². The molecule has 1 aliphatic carbocycles. The van der Waals surface area contributed by atoms with Crippen molar-refractivity contribution in [2.45, 2.75) is 56.9 Å². The Morgan fingerprint density at radius 3 is 2.61 bits per heavy atom. The van der Waals surface area contributed by atoms with Gasteiger partial charge in [-0.2, -0.15) is 5.10 Å². The predicted molar refractivity (Wildman–Crippen MR) is 131 cm³/mol. The normalized spacial score (nSPS) is 23.6. The molecule has 10 heteroatoms. The van der Waals surface area contributed by atoms with Crippen molar-refractivity contribution in [1.29, 1.82) is 0 Å². The SMILES string of the molecule is CC1CCC(C(NC(=O)c2ccnn2C)C(=O)Nc2cc(F)c3c(c2)NC(=O)C32CCOCC2)CC1. The molecule has 1 spiro atoms. The number of halogens is 1. The number of anilines is 2. The van der Waals surface area contributed by atoms with Crippen molar-refractivity contribution in [1.82, 2.24) is 15.1 Å². The molecule has 1 atom stereocenters. The highest BCUT2D eigenvalue weighted by atomic mass is 19.1. The number of nitrogens with zero attached hydrogens (tertiary/aromatic N) is 2. The van der Waals surface area contributed by atoms with Gasteiger partial charge in [0.05, 0.1) is 11.1 Å². The maximum Gasteiger partial charge on any atom is 0.270 e. The minimum absolute atomic E-state index is 0.0390. The molecule has 5 rings (SSSR count). The van der Waals surface area contributed by atoms with E-state index in [-0.39, 0.29) is 23.4 Å². The highest BCUT2D eigenvalue weighted by molar-refractivity contribution is 6.08. The van der Waals surface area contributed by atoms with Gasteiger partial charge in [-0.25, -0.2) is 4.39 Å². The molecule has 3 amide bonds. The van der Waals surface area contributed by atoms with Gasteiger partial charge in [0.1, 0.15) is 17.6 Å². The van der Waals surface area contributed by atoms with E-state index in [4.69, 9.17) is 4.74 Å². The van der Waals surface area contributed by atoms with Gasteiger partial charge in [-0.1, -0.05) is 19.8 Å². The van der Waals surface area contributed by atoms with E-state index in [1.54, 1.807) is 19.2 Å². The molecule has 9 nitrogen and oxygen atoms in total. The summed E-state index contributed by atoms with van der Waals surface area (Å²) in [5.41, 5.74) is 0.378. The number of aromatic nitrogens is 2. The summed E-state index contributed by atoms with van der Waals surface area (Å²) < 4.78 is 22.2. The molecule has 2 aliphatic heterocycles. The third-order valence-electron chi connectivity index (χ3n) is 8.02. The van der Waals surface area contributed by atoms with Crippen LogP contribution in [0.15, 0.2) is 24.4 Å². The smallest absolute Gasteiger partial charge is 0.270 e. The van der Waals surface area contributed by atoms with Crippen molar-refractivity contribution >= 4 is 29.1 Å². The average molecular weight is 498 g/mol. The molecule has 1 saturated carbocycles. The van der Waals surface area contributed by atoms with Crippen LogP contribution in [0.3, 0.4) is 0 Å². The largest absolute Gasteiger partial charge is 0.381 e. The molecular formula is C26H32FN5O4. The number of amides is 3. The fourth-order valence-electron chi connectivity index (χ4n) is 5.86. The number of hydrogen-bond donors (Lipinski definition) is 3. The van der Waals surface area contributed by atoms with Crippen LogP contribution in [0.1, 0.15) is 61.5 Å². The highest BCUT2D eigenvalue weighted by Crippen LogP contribution is 2.47. The van der Waals surface area contributed by atoms with Crippen LogP contribution < -0.4 is 16.0 Å². The molecule has 0 bridgehead atoms. The summed E-state index contributed by atoms with van der Waals surface area (Å²) in [6, 6.07) is 3.67.